The van der Waals surface area contributed by atoms with Gasteiger partial charge >= 0.3 is 6.18 Å². The zero-order valence-corrected chi connectivity index (χ0v) is 14.0. The van der Waals surface area contributed by atoms with Gasteiger partial charge in [0.1, 0.15) is 6.54 Å². The molecule has 0 spiro atoms. The predicted octanol–water partition coefficient (Wildman–Crippen LogP) is 3.43. The first kappa shape index (κ1) is 19.2. The minimum atomic E-state index is -4.69. The minimum absolute atomic E-state index is 0.0325. The van der Waals surface area contributed by atoms with Crippen molar-refractivity contribution in [1.82, 2.24) is 4.72 Å². The first-order valence-electron chi connectivity index (χ1n) is 6.80. The van der Waals surface area contributed by atoms with Crippen LogP contribution < -0.4 is 10.0 Å². The first-order chi connectivity index (χ1) is 11.6. The molecule has 2 rings (SSSR count). The molecule has 0 aliphatic carbocycles. The highest BCUT2D eigenvalue weighted by Gasteiger charge is 2.30. The Bertz CT molecular complexity index is 886. The zero-order chi connectivity index (χ0) is 18.7. The number of sulfonamides is 1. The lowest BCUT2D eigenvalue weighted by Gasteiger charge is -2.10. The SMILES string of the molecule is O=C(Nc1cccc(Cl)c1)c1cccc(S(=O)(=O)NCC(F)(F)F)c1. The van der Waals surface area contributed by atoms with Crippen LogP contribution in [0.15, 0.2) is 53.4 Å². The maximum Gasteiger partial charge on any atom is 0.402 e. The minimum Gasteiger partial charge on any atom is -0.322 e. The van der Waals surface area contributed by atoms with Gasteiger partial charge in [0.05, 0.1) is 4.90 Å². The molecule has 0 atom stereocenters. The smallest absolute Gasteiger partial charge is 0.322 e. The van der Waals surface area contributed by atoms with Gasteiger partial charge in [0.15, 0.2) is 0 Å². The molecule has 0 saturated carbocycles. The summed E-state index contributed by atoms with van der Waals surface area (Å²) in [6, 6.07) is 11.0. The van der Waals surface area contributed by atoms with Crippen LogP contribution >= 0.6 is 11.6 Å². The summed E-state index contributed by atoms with van der Waals surface area (Å²) in [5.74, 6) is -0.630. The summed E-state index contributed by atoms with van der Waals surface area (Å²) in [4.78, 5) is 11.7. The lowest BCUT2D eigenvalue weighted by Crippen LogP contribution is -2.33. The number of amides is 1. The van der Waals surface area contributed by atoms with Crippen LogP contribution in [0.3, 0.4) is 0 Å². The molecule has 0 radical (unpaired) electrons. The van der Waals surface area contributed by atoms with Gasteiger partial charge < -0.3 is 5.32 Å². The summed E-state index contributed by atoms with van der Waals surface area (Å²) >= 11 is 5.80. The normalized spacial score (nSPS) is 12.0. The van der Waals surface area contributed by atoms with Crippen molar-refractivity contribution in [1.29, 1.82) is 0 Å². The zero-order valence-electron chi connectivity index (χ0n) is 12.5. The van der Waals surface area contributed by atoms with Crippen molar-refractivity contribution in [2.45, 2.75) is 11.1 Å². The summed E-state index contributed by atoms with van der Waals surface area (Å²) in [5, 5.41) is 2.91. The van der Waals surface area contributed by atoms with Crippen molar-refractivity contribution < 1.29 is 26.4 Å². The van der Waals surface area contributed by atoms with Crippen molar-refractivity contribution in [3.63, 3.8) is 0 Å². The lowest BCUT2D eigenvalue weighted by molar-refractivity contribution is -0.121. The summed E-state index contributed by atoms with van der Waals surface area (Å²) in [7, 11) is -4.40. The van der Waals surface area contributed by atoms with Crippen molar-refractivity contribution >= 4 is 33.2 Å². The average Bonchev–Trinajstić information content (AvgIpc) is 2.53. The van der Waals surface area contributed by atoms with Crippen molar-refractivity contribution in [2.24, 2.45) is 0 Å². The third kappa shape index (κ3) is 5.73. The molecule has 5 nitrogen and oxygen atoms in total. The van der Waals surface area contributed by atoms with Crippen LogP contribution in [0, 0.1) is 0 Å². The number of hydrogen-bond donors (Lipinski definition) is 2. The molecular formula is C15H12ClF3N2O3S. The van der Waals surface area contributed by atoms with Crippen LogP contribution in [0.4, 0.5) is 18.9 Å². The Morgan fingerprint density at radius 1 is 1.08 bits per heavy atom. The lowest BCUT2D eigenvalue weighted by atomic mass is 10.2. The van der Waals surface area contributed by atoms with E-state index in [2.05, 4.69) is 5.32 Å². The van der Waals surface area contributed by atoms with Gasteiger partial charge in [0.2, 0.25) is 10.0 Å². The van der Waals surface area contributed by atoms with Crippen LogP contribution in [0.25, 0.3) is 0 Å². The molecule has 0 bridgehead atoms. The van der Waals surface area contributed by atoms with Crippen molar-refractivity contribution in [2.75, 3.05) is 11.9 Å². The maximum atomic E-state index is 12.2. The second-order valence-corrected chi connectivity index (χ2v) is 7.14. The van der Waals surface area contributed by atoms with Crippen LogP contribution in [0.1, 0.15) is 10.4 Å². The van der Waals surface area contributed by atoms with Crippen LogP contribution in [0.5, 0.6) is 0 Å². The number of hydrogen-bond acceptors (Lipinski definition) is 3. The van der Waals surface area contributed by atoms with E-state index in [1.54, 1.807) is 18.2 Å². The fourth-order valence-corrected chi connectivity index (χ4v) is 3.08. The van der Waals surface area contributed by atoms with Gasteiger partial charge in [0, 0.05) is 16.3 Å². The number of halogens is 4. The second-order valence-electron chi connectivity index (χ2n) is 4.93. The largest absolute Gasteiger partial charge is 0.402 e. The van der Waals surface area contributed by atoms with Crippen LogP contribution in [-0.4, -0.2) is 27.0 Å². The molecule has 2 aromatic carbocycles. The molecule has 0 saturated heterocycles. The standard InChI is InChI=1S/C15H12ClF3N2O3S/c16-11-4-2-5-12(8-11)21-14(22)10-3-1-6-13(7-10)25(23,24)20-9-15(17,18)19/h1-8,20H,9H2,(H,21,22). The second kappa shape index (κ2) is 7.42. The molecule has 0 unspecified atom stereocenters. The molecule has 0 fully saturated rings. The Morgan fingerprint density at radius 3 is 2.40 bits per heavy atom. The monoisotopic (exact) mass is 392 g/mol. The highest BCUT2D eigenvalue weighted by molar-refractivity contribution is 7.89. The Morgan fingerprint density at radius 2 is 1.76 bits per heavy atom. The molecule has 2 N–H and O–H groups in total. The molecule has 0 heterocycles. The Labute approximate surface area is 146 Å². The third-order valence-electron chi connectivity index (χ3n) is 2.95. The number of anilines is 1. The average molecular weight is 393 g/mol. The summed E-state index contributed by atoms with van der Waals surface area (Å²) < 4.78 is 61.8. The van der Waals surface area contributed by atoms with Gasteiger partial charge in [-0.15, -0.1) is 0 Å². The molecular weight excluding hydrogens is 381 g/mol. The highest BCUT2D eigenvalue weighted by Crippen LogP contribution is 2.18. The highest BCUT2D eigenvalue weighted by atomic mass is 35.5. The van der Waals surface area contributed by atoms with E-state index in [9.17, 15) is 26.4 Å². The molecule has 25 heavy (non-hydrogen) atoms. The van der Waals surface area contributed by atoms with E-state index in [0.717, 1.165) is 12.1 Å². The summed E-state index contributed by atoms with van der Waals surface area (Å²) in [6.45, 7) is -1.70. The van der Waals surface area contributed by atoms with Crippen LogP contribution in [0.2, 0.25) is 5.02 Å². The van der Waals surface area contributed by atoms with E-state index in [4.69, 9.17) is 11.6 Å². The number of rotatable bonds is 5. The van der Waals surface area contributed by atoms with E-state index in [1.165, 1.54) is 22.9 Å². The fourth-order valence-electron chi connectivity index (χ4n) is 1.83. The third-order valence-corrected chi connectivity index (χ3v) is 4.59. The van der Waals surface area contributed by atoms with E-state index in [1.807, 2.05) is 0 Å². The van der Waals surface area contributed by atoms with Crippen LogP contribution in [-0.2, 0) is 10.0 Å². The topological polar surface area (TPSA) is 75.3 Å². The molecule has 2 aromatic rings. The Hall–Kier alpha value is -2.10. The number of benzene rings is 2. The molecule has 10 heteroatoms. The van der Waals surface area contributed by atoms with Gasteiger partial charge in [-0.1, -0.05) is 23.7 Å². The first-order valence-corrected chi connectivity index (χ1v) is 8.66. The number of alkyl halides is 3. The number of carbonyl (C=O) groups is 1. The van der Waals surface area contributed by atoms with E-state index < -0.39 is 33.5 Å². The quantitative estimate of drug-likeness (QED) is 0.818. The Kier molecular flexibility index (Phi) is 5.71. The Balaban J connectivity index is 2.19. The van der Waals surface area contributed by atoms with Gasteiger partial charge in [0.25, 0.3) is 5.91 Å². The molecule has 0 aliphatic heterocycles. The maximum absolute atomic E-state index is 12.2. The summed E-state index contributed by atoms with van der Waals surface area (Å²) in [6.07, 6.45) is -4.69. The van der Waals surface area contributed by atoms with Crippen molar-refractivity contribution in [3.8, 4) is 0 Å². The molecule has 0 aromatic heterocycles. The number of carbonyl (C=O) groups excluding carboxylic acids is 1. The van der Waals surface area contributed by atoms with E-state index in [0.29, 0.717) is 10.7 Å². The van der Waals surface area contributed by atoms with Gasteiger partial charge in [-0.3, -0.25) is 4.79 Å². The van der Waals surface area contributed by atoms with Gasteiger partial charge in [-0.25, -0.2) is 13.1 Å². The van der Waals surface area contributed by atoms with E-state index in [-0.39, 0.29) is 5.56 Å². The van der Waals surface area contributed by atoms with Gasteiger partial charge in [-0.2, -0.15) is 13.2 Å². The molecule has 0 aliphatic rings. The summed E-state index contributed by atoms with van der Waals surface area (Å²) in [5.41, 5.74) is 0.357. The molecule has 134 valence electrons. The fraction of sp³-hybridized carbons (Fsp3) is 0.133. The van der Waals surface area contributed by atoms with Crippen molar-refractivity contribution in [3.05, 3.63) is 59.1 Å². The van der Waals surface area contributed by atoms with E-state index >= 15 is 0 Å². The predicted molar refractivity (Wildman–Crippen MR) is 87.1 cm³/mol. The van der Waals surface area contributed by atoms with Gasteiger partial charge in [-0.05, 0) is 36.4 Å². The molecule has 1 amide bonds. The number of nitrogens with one attached hydrogen (secondary N) is 2.